The van der Waals surface area contributed by atoms with Gasteiger partial charge in [-0.3, -0.25) is 0 Å². The molecule has 1 aromatic heterocycles. The predicted octanol–water partition coefficient (Wildman–Crippen LogP) is 12.2. The topological polar surface area (TPSA) is 8.17 Å². The van der Waals surface area contributed by atoms with Crippen molar-refractivity contribution in [1.82, 2.24) is 4.57 Å². The van der Waals surface area contributed by atoms with Gasteiger partial charge in [-0.05, 0) is 93.7 Å². The number of allylic oxidation sites excluding steroid dienone is 1. The van der Waals surface area contributed by atoms with Gasteiger partial charge in [-0.25, -0.2) is 0 Å². The van der Waals surface area contributed by atoms with Crippen LogP contribution in [0.4, 0.5) is 17.1 Å². The second-order valence-corrected chi connectivity index (χ2v) is 14.9. The number of rotatable bonds is 4. The molecule has 0 atom stereocenters. The number of nitrogens with zero attached hydrogens (tertiary/aromatic N) is 2. The highest BCUT2D eigenvalue weighted by Crippen LogP contribution is 2.56. The van der Waals surface area contributed by atoms with E-state index >= 15 is 0 Å². The number of hydrogen-bond acceptors (Lipinski definition) is 1. The summed E-state index contributed by atoms with van der Waals surface area (Å²) in [7, 11) is 0. The Hall–Kier alpha value is -5.34. The Labute approximate surface area is 282 Å². The van der Waals surface area contributed by atoms with Crippen LogP contribution in [0.3, 0.4) is 0 Å². The van der Waals surface area contributed by atoms with E-state index in [9.17, 15) is 0 Å². The maximum atomic E-state index is 2.61. The molecule has 0 unspecified atom stereocenters. The van der Waals surface area contributed by atoms with Crippen molar-refractivity contribution in [3.8, 4) is 16.8 Å². The minimum Gasteiger partial charge on any atom is -0.310 e. The molecule has 2 aliphatic heterocycles. The smallest absolute Gasteiger partial charge is 0.0583 e. The lowest BCUT2D eigenvalue weighted by Crippen LogP contribution is -2.33. The summed E-state index contributed by atoms with van der Waals surface area (Å²) in [5.41, 5.74) is 18.3. The Morgan fingerprint density at radius 3 is 2.02 bits per heavy atom. The number of anilines is 3. The summed E-state index contributed by atoms with van der Waals surface area (Å²) in [6.45, 7) is 9.63. The quantitative estimate of drug-likeness (QED) is 0.190. The van der Waals surface area contributed by atoms with Crippen LogP contribution in [0.1, 0.15) is 67.5 Å². The molecule has 0 fully saturated rings. The van der Waals surface area contributed by atoms with Crippen molar-refractivity contribution >= 4 is 44.9 Å². The molecular weight excluding hydrogens is 581 g/mol. The van der Waals surface area contributed by atoms with Gasteiger partial charge >= 0.3 is 0 Å². The third kappa shape index (κ3) is 3.58. The number of hydrogen-bond donors (Lipinski definition) is 0. The van der Waals surface area contributed by atoms with Crippen LogP contribution in [0.25, 0.3) is 44.7 Å². The molecule has 1 aliphatic carbocycles. The molecule has 7 aromatic rings. The first-order valence-electron chi connectivity index (χ1n) is 17.3. The fraction of sp³-hybridized carbons (Fsp3) is 0.174. The molecule has 0 amide bonds. The Morgan fingerprint density at radius 2 is 1.23 bits per heavy atom. The van der Waals surface area contributed by atoms with Gasteiger partial charge in [-0.1, -0.05) is 125 Å². The van der Waals surface area contributed by atoms with Gasteiger partial charge < -0.3 is 9.47 Å². The number of benzene rings is 6. The van der Waals surface area contributed by atoms with E-state index in [1.165, 1.54) is 77.7 Å². The maximum Gasteiger partial charge on any atom is 0.0583 e. The molecule has 2 heteroatoms. The van der Waals surface area contributed by atoms with Gasteiger partial charge in [-0.2, -0.15) is 0 Å². The summed E-state index contributed by atoms with van der Waals surface area (Å²) >= 11 is 0. The minimum absolute atomic E-state index is 0.0861. The van der Waals surface area contributed by atoms with Gasteiger partial charge in [0.15, 0.2) is 0 Å². The SMILES string of the molecule is CC1(C)c2cccc3c2-n2c4c1cccc4c1cc(N(c4ccccc4)c4ccc(-c5cccc6c5C=CCC6)cc4)cc(c12)C3(C)C. The first-order chi connectivity index (χ1) is 23.3. The van der Waals surface area contributed by atoms with Gasteiger partial charge in [0.1, 0.15) is 0 Å². The first-order valence-corrected chi connectivity index (χ1v) is 17.3. The fourth-order valence-electron chi connectivity index (χ4n) is 9.13. The van der Waals surface area contributed by atoms with Crippen molar-refractivity contribution in [3.05, 3.63) is 161 Å². The van der Waals surface area contributed by atoms with Crippen LogP contribution < -0.4 is 4.90 Å². The van der Waals surface area contributed by atoms with Crippen LogP contribution in [-0.2, 0) is 17.3 Å². The molecule has 0 bridgehead atoms. The molecule has 0 spiro atoms. The Balaban J connectivity index is 1.23. The molecule has 10 rings (SSSR count). The number of aryl methyl sites for hydroxylation is 1. The van der Waals surface area contributed by atoms with Crippen molar-refractivity contribution in [2.75, 3.05) is 4.90 Å². The predicted molar refractivity (Wildman–Crippen MR) is 203 cm³/mol. The largest absolute Gasteiger partial charge is 0.310 e. The molecule has 6 aromatic carbocycles. The summed E-state index contributed by atoms with van der Waals surface area (Å²) in [6, 6.07) is 45.7. The molecule has 0 saturated carbocycles. The zero-order valence-electron chi connectivity index (χ0n) is 28.0. The lowest BCUT2D eigenvalue weighted by Gasteiger charge is -2.42. The van der Waals surface area contributed by atoms with Crippen molar-refractivity contribution in [1.29, 1.82) is 0 Å². The zero-order valence-corrected chi connectivity index (χ0v) is 28.0. The normalized spacial score (nSPS) is 16.0. The summed E-state index contributed by atoms with van der Waals surface area (Å²) in [4.78, 5) is 2.44. The van der Waals surface area contributed by atoms with Crippen LogP contribution in [-0.4, -0.2) is 4.57 Å². The first kappa shape index (κ1) is 27.7. The van der Waals surface area contributed by atoms with Gasteiger partial charge in [0.05, 0.1) is 16.7 Å². The highest BCUT2D eigenvalue weighted by atomic mass is 15.1. The van der Waals surface area contributed by atoms with Gasteiger partial charge in [-0.15, -0.1) is 0 Å². The molecule has 3 aliphatic rings. The van der Waals surface area contributed by atoms with Crippen LogP contribution in [0.5, 0.6) is 0 Å². The molecule has 48 heavy (non-hydrogen) atoms. The third-order valence-electron chi connectivity index (χ3n) is 11.6. The number of aromatic nitrogens is 1. The van der Waals surface area contributed by atoms with Crippen LogP contribution >= 0.6 is 0 Å². The van der Waals surface area contributed by atoms with Crippen LogP contribution in [0.2, 0.25) is 0 Å². The average molecular weight is 619 g/mol. The molecule has 0 N–H and O–H groups in total. The van der Waals surface area contributed by atoms with E-state index < -0.39 is 0 Å². The van der Waals surface area contributed by atoms with E-state index in [4.69, 9.17) is 0 Å². The van der Waals surface area contributed by atoms with Crippen LogP contribution in [0.15, 0.2) is 127 Å². The van der Waals surface area contributed by atoms with E-state index in [0.29, 0.717) is 0 Å². The summed E-state index contributed by atoms with van der Waals surface area (Å²) in [5.74, 6) is 0. The second kappa shape index (κ2) is 9.61. The lowest BCUT2D eigenvalue weighted by atomic mass is 9.68. The monoisotopic (exact) mass is 618 g/mol. The Morgan fingerprint density at radius 1 is 0.562 bits per heavy atom. The number of fused-ring (bicyclic) bond motifs is 2. The molecule has 3 heterocycles. The maximum absolute atomic E-state index is 2.61. The molecule has 2 nitrogen and oxygen atoms in total. The molecular formula is C46H38N2. The van der Waals surface area contributed by atoms with Crippen molar-refractivity contribution < 1.29 is 0 Å². The summed E-state index contributed by atoms with van der Waals surface area (Å²) in [5, 5.41) is 2.66. The highest BCUT2D eigenvalue weighted by molar-refractivity contribution is 6.15. The number of para-hydroxylation sites is 3. The molecule has 232 valence electrons. The Kier molecular flexibility index (Phi) is 5.55. The van der Waals surface area contributed by atoms with Crippen LogP contribution in [0, 0.1) is 0 Å². The lowest BCUT2D eigenvalue weighted by molar-refractivity contribution is 0.593. The van der Waals surface area contributed by atoms with Crippen molar-refractivity contribution in [3.63, 3.8) is 0 Å². The van der Waals surface area contributed by atoms with Crippen molar-refractivity contribution in [2.24, 2.45) is 0 Å². The summed E-state index contributed by atoms with van der Waals surface area (Å²) in [6.07, 6.45) is 6.85. The second-order valence-electron chi connectivity index (χ2n) is 14.9. The standard InChI is InChI=1S/C46H38N2/c1-45(2)38-20-11-19-36-37-27-33(28-41-43(37)48(42(36)38)44-39(45)21-12-22-40(44)46(41,3)4)47(31-15-6-5-7-16-31)32-25-23-30(24-26-32)35-18-10-14-29-13-8-9-17-34(29)35/h5-7,9-12,14-28H,8,13H2,1-4H3. The molecule has 0 saturated heterocycles. The van der Waals surface area contributed by atoms with Gasteiger partial charge in [0.25, 0.3) is 0 Å². The minimum atomic E-state index is -0.177. The van der Waals surface area contributed by atoms with E-state index in [-0.39, 0.29) is 10.8 Å². The van der Waals surface area contributed by atoms with E-state index in [2.05, 4.69) is 171 Å². The molecule has 0 radical (unpaired) electrons. The van der Waals surface area contributed by atoms with Crippen molar-refractivity contribution in [2.45, 2.75) is 51.4 Å². The van der Waals surface area contributed by atoms with Gasteiger partial charge in [0, 0.05) is 38.7 Å². The highest BCUT2D eigenvalue weighted by Gasteiger charge is 2.43. The average Bonchev–Trinajstić information content (AvgIpc) is 3.45. The Bertz CT molecular complexity index is 2490. The van der Waals surface area contributed by atoms with Gasteiger partial charge in [0.2, 0.25) is 0 Å². The van der Waals surface area contributed by atoms with E-state index in [0.717, 1.165) is 24.2 Å². The zero-order chi connectivity index (χ0) is 32.4. The van der Waals surface area contributed by atoms with E-state index in [1.807, 2.05) is 0 Å². The summed E-state index contributed by atoms with van der Waals surface area (Å²) < 4.78 is 2.61. The fourth-order valence-corrected chi connectivity index (χ4v) is 9.13. The third-order valence-corrected chi connectivity index (χ3v) is 11.6. The van der Waals surface area contributed by atoms with E-state index in [1.54, 1.807) is 0 Å².